The van der Waals surface area contributed by atoms with Gasteiger partial charge in [-0.3, -0.25) is 9.38 Å². The Morgan fingerprint density at radius 1 is 1.10 bits per heavy atom. The molecule has 0 radical (unpaired) electrons. The van der Waals surface area contributed by atoms with Crippen molar-refractivity contribution in [3.8, 4) is 0 Å². The second-order valence-corrected chi connectivity index (χ2v) is 5.34. The molecule has 0 atom stereocenters. The largest absolute Gasteiger partial charge is 0.275 e. The van der Waals surface area contributed by atoms with E-state index < -0.39 is 0 Å². The number of hydrogen-bond donors (Lipinski definition) is 0. The van der Waals surface area contributed by atoms with E-state index >= 15 is 0 Å². The molecule has 0 aliphatic carbocycles. The fraction of sp³-hybridized carbons (Fsp3) is 0.0714. The van der Waals surface area contributed by atoms with E-state index in [0.717, 1.165) is 42.1 Å². The van der Waals surface area contributed by atoms with Crippen molar-refractivity contribution in [2.45, 2.75) is 6.92 Å². The summed E-state index contributed by atoms with van der Waals surface area (Å²) in [6.07, 6.45) is 3.51. The minimum absolute atomic E-state index is 0.888. The number of rotatable bonds is 2. The second-order valence-electron chi connectivity index (χ2n) is 5.34. The summed E-state index contributed by atoms with van der Waals surface area (Å²) in [6.45, 7) is 2.13. The molecule has 7 heteroatoms. The first-order chi connectivity index (χ1) is 10.3. The van der Waals surface area contributed by atoms with Crippen molar-refractivity contribution in [3.63, 3.8) is 0 Å². The molecular formula is C14H13B3N4. The number of pyridine rings is 1. The molecule has 21 heavy (non-hydrogen) atoms. The molecule has 3 aromatic heterocycles. The van der Waals surface area contributed by atoms with E-state index in [4.69, 9.17) is 4.98 Å². The third-order valence-corrected chi connectivity index (χ3v) is 4.03. The monoisotopic (exact) mass is 270 g/mol. The van der Waals surface area contributed by atoms with E-state index in [9.17, 15) is 0 Å². The van der Waals surface area contributed by atoms with Crippen LogP contribution < -0.4 is 5.46 Å². The summed E-state index contributed by atoms with van der Waals surface area (Å²) >= 11 is 0. The van der Waals surface area contributed by atoms with Gasteiger partial charge in [0, 0.05) is 12.4 Å². The Hall–Kier alpha value is -2.30. The Kier molecular flexibility index (Phi) is 2.74. The zero-order valence-electron chi connectivity index (χ0n) is 12.2. The number of aryl methyl sites for hydroxylation is 1. The van der Waals surface area contributed by atoms with Crippen molar-refractivity contribution in [2.24, 2.45) is 0 Å². The van der Waals surface area contributed by atoms with Crippen LogP contribution in [0, 0.1) is 6.92 Å². The van der Waals surface area contributed by atoms with E-state index in [-0.39, 0.29) is 0 Å². The molecule has 0 saturated carbocycles. The molecule has 0 amide bonds. The van der Waals surface area contributed by atoms with Crippen LogP contribution in [0.4, 0.5) is 0 Å². The molecule has 0 saturated heterocycles. The normalized spacial score (nSPS) is 11.3. The number of aromatic nitrogens is 4. The van der Waals surface area contributed by atoms with Gasteiger partial charge in [0.1, 0.15) is 18.3 Å². The molecule has 1 aromatic carbocycles. The molecule has 0 bridgehead atoms. The first-order valence-corrected chi connectivity index (χ1v) is 7.30. The first-order valence-electron chi connectivity index (χ1n) is 7.30. The van der Waals surface area contributed by atoms with Gasteiger partial charge >= 0.3 is 0 Å². The summed E-state index contributed by atoms with van der Waals surface area (Å²) in [5, 5.41) is 0. The maximum absolute atomic E-state index is 4.84. The van der Waals surface area contributed by atoms with Gasteiger partial charge < -0.3 is 0 Å². The summed E-state index contributed by atoms with van der Waals surface area (Å²) in [4.78, 5) is 13.9. The predicted molar refractivity (Wildman–Crippen MR) is 93.0 cm³/mol. The van der Waals surface area contributed by atoms with Crippen LogP contribution in [0.2, 0.25) is 0 Å². The number of benzene rings is 1. The quantitative estimate of drug-likeness (QED) is 0.470. The number of fused-ring (bicyclic) bond motifs is 5. The first kappa shape index (κ1) is 12.4. The van der Waals surface area contributed by atoms with E-state index in [1.165, 1.54) is 11.0 Å². The van der Waals surface area contributed by atoms with Crippen LogP contribution in [0.1, 0.15) is 5.56 Å². The van der Waals surface area contributed by atoms with Crippen molar-refractivity contribution >= 4 is 55.3 Å². The van der Waals surface area contributed by atoms with Crippen molar-refractivity contribution < 1.29 is 0 Å². The van der Waals surface area contributed by atoms with E-state index in [2.05, 4.69) is 41.2 Å². The molecule has 3 heterocycles. The number of para-hydroxylation sites is 2. The van der Waals surface area contributed by atoms with Gasteiger partial charge in [-0.1, -0.05) is 12.1 Å². The van der Waals surface area contributed by atoms with E-state index in [1.54, 1.807) is 12.4 Å². The standard InChI is InChI=1S/C14H13B3N4/c1-8-11(16-17-15)13-20-9-4-2-3-5-10(9)21(13)14-12(8)18-6-7-19-14/h2-7,16-17H,15H2,1H3. The van der Waals surface area contributed by atoms with Crippen LogP contribution in [0.5, 0.6) is 0 Å². The molecule has 4 rings (SSSR count). The molecule has 0 aliphatic heterocycles. The van der Waals surface area contributed by atoms with Crippen LogP contribution >= 0.6 is 0 Å². The Morgan fingerprint density at radius 3 is 2.76 bits per heavy atom. The summed E-state index contributed by atoms with van der Waals surface area (Å²) < 4.78 is 2.15. The lowest BCUT2D eigenvalue weighted by atomic mass is 9.26. The van der Waals surface area contributed by atoms with Crippen molar-refractivity contribution in [1.82, 2.24) is 19.4 Å². The van der Waals surface area contributed by atoms with Crippen LogP contribution in [0.15, 0.2) is 36.7 Å². The van der Waals surface area contributed by atoms with Gasteiger partial charge in [-0.05, 0) is 30.1 Å². The highest BCUT2D eigenvalue weighted by atomic mass is 15.1. The predicted octanol–water partition coefficient (Wildman–Crippen LogP) is -0.299. The summed E-state index contributed by atoms with van der Waals surface area (Å²) in [6, 6.07) is 8.21. The average Bonchev–Trinajstić information content (AvgIpc) is 2.91. The minimum atomic E-state index is 0.888. The van der Waals surface area contributed by atoms with Crippen LogP contribution in [0.25, 0.3) is 27.8 Å². The zero-order valence-corrected chi connectivity index (χ0v) is 12.2. The van der Waals surface area contributed by atoms with Gasteiger partial charge in [0.05, 0.1) is 25.8 Å². The molecule has 4 aromatic rings. The van der Waals surface area contributed by atoms with Crippen molar-refractivity contribution in [2.75, 3.05) is 0 Å². The van der Waals surface area contributed by atoms with Gasteiger partial charge in [-0.15, -0.1) is 0 Å². The number of hydrogen-bond acceptors (Lipinski definition) is 3. The lowest BCUT2D eigenvalue weighted by molar-refractivity contribution is 1.18. The topological polar surface area (TPSA) is 43.1 Å². The van der Waals surface area contributed by atoms with E-state index in [0.29, 0.717) is 0 Å². The van der Waals surface area contributed by atoms with Crippen LogP contribution in [-0.2, 0) is 0 Å². The zero-order chi connectivity index (χ0) is 14.4. The molecule has 0 N–H and O–H groups in total. The van der Waals surface area contributed by atoms with Crippen molar-refractivity contribution in [3.05, 3.63) is 42.2 Å². The van der Waals surface area contributed by atoms with Crippen LogP contribution in [0.3, 0.4) is 0 Å². The molecule has 0 spiro atoms. The highest BCUT2D eigenvalue weighted by Gasteiger charge is 2.16. The van der Waals surface area contributed by atoms with Gasteiger partial charge in [-0.25, -0.2) is 9.97 Å². The Bertz CT molecular complexity index is 980. The molecule has 0 fully saturated rings. The highest BCUT2D eigenvalue weighted by molar-refractivity contribution is 7.28. The Morgan fingerprint density at radius 2 is 1.90 bits per heavy atom. The second kappa shape index (κ2) is 4.62. The molecule has 4 nitrogen and oxygen atoms in total. The third kappa shape index (κ3) is 1.70. The molecular weight excluding hydrogens is 257 g/mol. The van der Waals surface area contributed by atoms with Crippen LogP contribution in [-0.4, -0.2) is 41.3 Å². The fourth-order valence-corrected chi connectivity index (χ4v) is 3.06. The van der Waals surface area contributed by atoms with E-state index in [1.807, 2.05) is 12.1 Å². The fourth-order valence-electron chi connectivity index (χ4n) is 3.06. The SMILES string of the molecule is BBBc1c(C)c2nccnc2n2c1nc1ccccc12. The smallest absolute Gasteiger partial charge is 0.165 e. The van der Waals surface area contributed by atoms with Gasteiger partial charge in [0.2, 0.25) is 0 Å². The molecule has 0 unspecified atom stereocenters. The average molecular weight is 270 g/mol. The summed E-state index contributed by atoms with van der Waals surface area (Å²) in [7, 11) is 4.29. The Balaban J connectivity index is 2.32. The van der Waals surface area contributed by atoms with Gasteiger partial charge in [0.15, 0.2) is 5.65 Å². The third-order valence-electron chi connectivity index (χ3n) is 4.03. The Labute approximate surface area is 124 Å². The highest BCUT2D eigenvalue weighted by Crippen LogP contribution is 2.21. The summed E-state index contributed by atoms with van der Waals surface area (Å²) in [5.74, 6) is 0. The van der Waals surface area contributed by atoms with Crippen molar-refractivity contribution in [1.29, 1.82) is 0 Å². The molecule has 0 aliphatic rings. The summed E-state index contributed by atoms with van der Waals surface area (Å²) in [5.41, 5.74) is 7.45. The lowest BCUT2D eigenvalue weighted by Gasteiger charge is -2.10. The number of nitrogens with zero attached hydrogens (tertiary/aromatic N) is 4. The maximum atomic E-state index is 4.84. The molecule has 98 valence electrons. The van der Waals surface area contributed by atoms with Gasteiger partial charge in [-0.2, -0.15) is 0 Å². The minimum Gasteiger partial charge on any atom is -0.275 e. The lowest BCUT2D eigenvalue weighted by Crippen LogP contribution is -2.27. The number of imidazole rings is 1. The maximum Gasteiger partial charge on any atom is 0.165 e. The van der Waals surface area contributed by atoms with Gasteiger partial charge in [0.25, 0.3) is 0 Å².